The number of carbonyl (C=O) groups is 1. The minimum absolute atomic E-state index is 0.200. The number of hydroxylamine groups is 3. The highest BCUT2D eigenvalue weighted by molar-refractivity contribution is 5.67. The van der Waals surface area contributed by atoms with Crippen LogP contribution in [0.5, 0.6) is 0 Å². The first kappa shape index (κ1) is 21.4. The van der Waals surface area contributed by atoms with E-state index in [2.05, 4.69) is 5.48 Å². The van der Waals surface area contributed by atoms with Gasteiger partial charge in [0.2, 0.25) is 0 Å². The van der Waals surface area contributed by atoms with Crippen LogP contribution in [0.4, 0.5) is 4.79 Å². The molecule has 1 N–H and O–H groups in total. The number of carbonyl (C=O) groups excluding carboxylic acids is 1. The first-order chi connectivity index (χ1) is 13.7. The molecule has 2 aromatic rings. The van der Waals surface area contributed by atoms with Gasteiger partial charge in [-0.1, -0.05) is 0 Å². The molecule has 0 saturated carbocycles. The number of ether oxygens (including phenoxy) is 1. The van der Waals surface area contributed by atoms with E-state index < -0.39 is 11.7 Å². The van der Waals surface area contributed by atoms with E-state index in [0.29, 0.717) is 13.0 Å². The molecule has 2 fully saturated rings. The molecule has 4 heterocycles. The molecule has 2 atom stereocenters. The lowest BCUT2D eigenvalue weighted by molar-refractivity contribution is -0.127. The van der Waals surface area contributed by atoms with E-state index in [1.807, 2.05) is 46.8 Å². The molecule has 2 aliphatic rings. The topological polar surface area (TPSA) is 86.3 Å². The molecule has 0 aliphatic carbocycles. The van der Waals surface area contributed by atoms with Crippen LogP contribution in [0.25, 0.3) is 0 Å². The van der Waals surface area contributed by atoms with E-state index >= 15 is 0 Å². The molecule has 0 bridgehead atoms. The number of furan rings is 2. The summed E-state index contributed by atoms with van der Waals surface area (Å²) >= 11 is 0. The maximum absolute atomic E-state index is 12.0. The zero-order chi connectivity index (χ0) is 21.0. The second-order valence-corrected chi connectivity index (χ2v) is 8.30. The monoisotopic (exact) mass is 406 g/mol. The van der Waals surface area contributed by atoms with Gasteiger partial charge in [0, 0.05) is 6.42 Å². The van der Waals surface area contributed by atoms with Crippen molar-refractivity contribution in [2.75, 3.05) is 13.2 Å². The Bertz CT molecular complexity index is 800. The smallest absolute Gasteiger partial charge is 0.435 e. The number of amides is 1. The van der Waals surface area contributed by atoms with Gasteiger partial charge in [-0.25, -0.2) is 4.79 Å². The third-order valence-electron chi connectivity index (χ3n) is 4.39. The first-order valence-corrected chi connectivity index (χ1v) is 9.85. The van der Waals surface area contributed by atoms with E-state index in [1.54, 1.807) is 12.5 Å². The Balaban J connectivity index is 0.000000186. The van der Waals surface area contributed by atoms with E-state index in [0.717, 1.165) is 35.7 Å². The Morgan fingerprint density at radius 1 is 1.07 bits per heavy atom. The molecular weight excluding hydrogens is 376 g/mol. The van der Waals surface area contributed by atoms with Crippen LogP contribution >= 0.6 is 0 Å². The molecule has 8 nitrogen and oxygen atoms in total. The number of nitrogens with zero attached hydrogens (tertiary/aromatic N) is 1. The molecule has 0 aromatic carbocycles. The molecule has 2 aromatic heterocycles. The lowest BCUT2D eigenvalue weighted by atomic mass is 10.1. The molecular formula is C21H30N2O6. The third kappa shape index (κ3) is 5.85. The van der Waals surface area contributed by atoms with Gasteiger partial charge >= 0.3 is 6.09 Å². The lowest BCUT2D eigenvalue weighted by Crippen LogP contribution is -2.35. The highest BCUT2D eigenvalue weighted by Crippen LogP contribution is 2.32. The Hall–Kier alpha value is -2.29. The van der Waals surface area contributed by atoms with Gasteiger partial charge in [0.15, 0.2) is 0 Å². The van der Waals surface area contributed by atoms with Crippen molar-refractivity contribution in [1.82, 2.24) is 10.5 Å². The van der Waals surface area contributed by atoms with Crippen LogP contribution in [0.2, 0.25) is 0 Å². The van der Waals surface area contributed by atoms with Crippen molar-refractivity contribution in [3.63, 3.8) is 0 Å². The van der Waals surface area contributed by atoms with Crippen LogP contribution in [0.3, 0.4) is 0 Å². The molecule has 1 amide bonds. The van der Waals surface area contributed by atoms with Crippen LogP contribution in [0.1, 0.15) is 68.3 Å². The van der Waals surface area contributed by atoms with Crippen LogP contribution in [-0.2, 0) is 14.4 Å². The van der Waals surface area contributed by atoms with Crippen molar-refractivity contribution in [2.45, 2.75) is 65.1 Å². The van der Waals surface area contributed by atoms with Gasteiger partial charge in [0.1, 0.15) is 23.2 Å². The minimum Gasteiger partial charge on any atom is -0.467 e. The highest BCUT2D eigenvalue weighted by Gasteiger charge is 2.36. The summed E-state index contributed by atoms with van der Waals surface area (Å²) < 4.78 is 16.0. The second-order valence-electron chi connectivity index (χ2n) is 8.30. The summed E-state index contributed by atoms with van der Waals surface area (Å²) in [4.78, 5) is 22.3. The fourth-order valence-electron chi connectivity index (χ4n) is 3.07. The summed E-state index contributed by atoms with van der Waals surface area (Å²) in [6.07, 6.45) is 4.66. The Kier molecular flexibility index (Phi) is 6.66. The molecule has 2 saturated heterocycles. The van der Waals surface area contributed by atoms with Crippen molar-refractivity contribution in [1.29, 1.82) is 0 Å². The van der Waals surface area contributed by atoms with E-state index in [4.69, 9.17) is 23.2 Å². The molecule has 0 radical (unpaired) electrons. The normalized spacial score (nSPS) is 21.8. The molecule has 8 heteroatoms. The second kappa shape index (κ2) is 9.02. The summed E-state index contributed by atoms with van der Waals surface area (Å²) in [7, 11) is 0. The first-order valence-electron chi connectivity index (χ1n) is 9.85. The van der Waals surface area contributed by atoms with Crippen molar-refractivity contribution in [3.05, 3.63) is 47.3 Å². The van der Waals surface area contributed by atoms with Crippen molar-refractivity contribution >= 4 is 6.09 Å². The quantitative estimate of drug-likeness (QED) is 0.770. The predicted octanol–water partition coefficient (Wildman–Crippen LogP) is 4.76. The minimum atomic E-state index is -0.535. The van der Waals surface area contributed by atoms with Crippen LogP contribution in [0, 0.1) is 13.8 Å². The van der Waals surface area contributed by atoms with Crippen molar-refractivity contribution in [2.24, 2.45) is 0 Å². The van der Waals surface area contributed by atoms with Gasteiger partial charge in [-0.3, -0.25) is 4.84 Å². The number of nitrogens with one attached hydrogen (secondary N) is 1. The fraction of sp³-hybridized carbons (Fsp3) is 0.571. The van der Waals surface area contributed by atoms with Gasteiger partial charge in [-0.05, 0) is 64.3 Å². The number of hydrogen-bond acceptors (Lipinski definition) is 7. The average molecular weight is 406 g/mol. The lowest BCUT2D eigenvalue weighted by Gasteiger charge is -2.26. The molecule has 2 aliphatic heterocycles. The fourth-order valence-corrected chi connectivity index (χ4v) is 3.07. The average Bonchev–Trinajstić information content (AvgIpc) is 3.41. The third-order valence-corrected chi connectivity index (χ3v) is 4.39. The molecule has 0 unspecified atom stereocenters. The van der Waals surface area contributed by atoms with E-state index in [9.17, 15) is 4.79 Å². The number of rotatable bonds is 2. The number of hydrogen-bond donors (Lipinski definition) is 1. The Morgan fingerprint density at radius 2 is 1.72 bits per heavy atom. The SMILES string of the molecule is Cc1coc([C@@H]2CCON2)c1.Cc1coc([C@@H]2CCON2C(=O)OC(C)(C)C)c1. The highest BCUT2D eigenvalue weighted by atomic mass is 16.7. The zero-order valence-electron chi connectivity index (χ0n) is 17.7. The van der Waals surface area contributed by atoms with Gasteiger partial charge in [0.25, 0.3) is 0 Å². The Labute approximate surface area is 171 Å². The maximum atomic E-state index is 12.0. The van der Waals surface area contributed by atoms with Crippen LogP contribution in [0.15, 0.2) is 33.5 Å². The number of aryl methyl sites for hydroxylation is 2. The maximum Gasteiger partial charge on any atom is 0.435 e. The van der Waals surface area contributed by atoms with E-state index in [1.165, 1.54) is 5.06 Å². The van der Waals surface area contributed by atoms with Gasteiger partial charge < -0.3 is 18.4 Å². The molecule has 0 spiro atoms. The van der Waals surface area contributed by atoms with Crippen LogP contribution in [-0.4, -0.2) is 30.0 Å². The standard InChI is InChI=1S/C13H19NO4.C8H11NO2/c1-9-7-11(16-8-9)10-5-6-17-14(10)12(15)18-13(2,3)4;1-6-4-8(10-5-6)7-2-3-11-9-7/h7-8,10H,5-6H2,1-4H3;4-5,7,9H,2-3H2,1H3/t10-;7-/m00/s1. The molecule has 4 rings (SSSR count). The predicted molar refractivity (Wildman–Crippen MR) is 105 cm³/mol. The summed E-state index contributed by atoms with van der Waals surface area (Å²) in [5, 5.41) is 1.27. The summed E-state index contributed by atoms with van der Waals surface area (Å²) in [5.41, 5.74) is 4.55. The Morgan fingerprint density at radius 3 is 2.24 bits per heavy atom. The van der Waals surface area contributed by atoms with Crippen LogP contribution < -0.4 is 5.48 Å². The van der Waals surface area contributed by atoms with Crippen molar-refractivity contribution < 1.29 is 28.0 Å². The molecule has 29 heavy (non-hydrogen) atoms. The van der Waals surface area contributed by atoms with Gasteiger partial charge in [0.05, 0.1) is 31.8 Å². The molecule has 160 valence electrons. The van der Waals surface area contributed by atoms with Crippen molar-refractivity contribution in [3.8, 4) is 0 Å². The van der Waals surface area contributed by atoms with Gasteiger partial charge in [-0.2, -0.15) is 10.5 Å². The summed E-state index contributed by atoms with van der Waals surface area (Å²) in [6, 6.07) is 4.00. The largest absolute Gasteiger partial charge is 0.467 e. The van der Waals surface area contributed by atoms with E-state index in [-0.39, 0.29) is 12.1 Å². The summed E-state index contributed by atoms with van der Waals surface area (Å²) in [6.45, 7) is 10.7. The van der Waals surface area contributed by atoms with Gasteiger partial charge in [-0.15, -0.1) is 0 Å². The summed E-state index contributed by atoms with van der Waals surface area (Å²) in [5.74, 6) is 1.70. The zero-order valence-corrected chi connectivity index (χ0v) is 17.7.